The molecule has 0 amide bonds. The number of benzene rings is 1. The summed E-state index contributed by atoms with van der Waals surface area (Å²) in [5.74, 6) is 0. The Morgan fingerprint density at radius 3 is 1.36 bits per heavy atom. The lowest BCUT2D eigenvalue weighted by molar-refractivity contribution is 1.17. The quantitative estimate of drug-likeness (QED) is 0.737. The van der Waals surface area contributed by atoms with Crippen molar-refractivity contribution in [2.24, 2.45) is 0 Å². The Morgan fingerprint density at radius 2 is 1.05 bits per heavy atom. The highest BCUT2D eigenvalue weighted by Gasteiger charge is 2.07. The third kappa shape index (κ3) is 2.81. The summed E-state index contributed by atoms with van der Waals surface area (Å²) in [6.45, 7) is 8.16. The second-order valence-electron chi connectivity index (χ2n) is 4.72. The van der Waals surface area contributed by atoms with Gasteiger partial charge in [0.15, 0.2) is 0 Å². The normalized spacial score (nSPS) is 10.2. The molecule has 4 nitrogen and oxygen atoms in total. The summed E-state index contributed by atoms with van der Waals surface area (Å²) in [7, 11) is 0. The number of hydrogen-bond acceptors (Lipinski definition) is 4. The van der Waals surface area contributed by atoms with Crippen LogP contribution in [0.4, 0.5) is 0 Å². The lowest BCUT2D eigenvalue weighted by Crippen LogP contribution is -1.93. The van der Waals surface area contributed by atoms with Crippen molar-refractivity contribution in [2.75, 3.05) is 0 Å². The molecule has 106 valence electrons. The molecule has 0 N–H and O–H groups in total. The van der Waals surface area contributed by atoms with Crippen LogP contribution in [0, 0.1) is 0 Å². The van der Waals surface area contributed by atoms with E-state index in [4.69, 9.17) is 0 Å². The fourth-order valence-corrected chi connectivity index (χ4v) is 2.08. The first kappa shape index (κ1) is 13.8. The van der Waals surface area contributed by atoms with E-state index in [0.29, 0.717) is 0 Å². The van der Waals surface area contributed by atoms with E-state index < -0.39 is 0 Å². The predicted molar refractivity (Wildman–Crippen MR) is 86.8 cm³/mol. The largest absolute Gasteiger partial charge is 0.261 e. The Morgan fingerprint density at radius 1 is 0.636 bits per heavy atom. The van der Waals surface area contributed by atoms with E-state index >= 15 is 0 Å². The van der Waals surface area contributed by atoms with Crippen molar-refractivity contribution in [3.63, 3.8) is 0 Å². The van der Waals surface area contributed by atoms with Crippen LogP contribution in [-0.4, -0.2) is 19.9 Å². The average molecular weight is 286 g/mol. The number of hydrogen-bond donors (Lipinski definition) is 0. The standard InChI is InChI=1S/C18H14N4/c1-13(17-11-19-7-9-21-17)15-3-5-16(6-4-15)14(2)18-12-20-8-10-22-18/h3-12H,1-2H2. The monoisotopic (exact) mass is 286 g/mol. The third-order valence-electron chi connectivity index (χ3n) is 3.33. The maximum Gasteiger partial charge on any atom is 0.0885 e. The summed E-state index contributed by atoms with van der Waals surface area (Å²) in [4.78, 5) is 16.7. The van der Waals surface area contributed by atoms with E-state index in [2.05, 4.69) is 33.1 Å². The second-order valence-corrected chi connectivity index (χ2v) is 4.72. The van der Waals surface area contributed by atoms with Crippen molar-refractivity contribution in [3.8, 4) is 0 Å². The first-order valence-corrected chi connectivity index (χ1v) is 6.77. The summed E-state index contributed by atoms with van der Waals surface area (Å²) < 4.78 is 0. The molecule has 0 spiro atoms. The van der Waals surface area contributed by atoms with E-state index in [1.165, 1.54) is 0 Å². The molecule has 0 aliphatic carbocycles. The third-order valence-corrected chi connectivity index (χ3v) is 3.33. The molecule has 22 heavy (non-hydrogen) atoms. The lowest BCUT2D eigenvalue weighted by Gasteiger charge is -2.08. The van der Waals surface area contributed by atoms with Crippen LogP contribution >= 0.6 is 0 Å². The molecule has 0 bridgehead atoms. The van der Waals surface area contributed by atoms with Crippen LogP contribution in [0.5, 0.6) is 0 Å². The van der Waals surface area contributed by atoms with Crippen molar-refractivity contribution in [3.05, 3.63) is 97.1 Å². The van der Waals surface area contributed by atoms with Crippen LogP contribution < -0.4 is 0 Å². The van der Waals surface area contributed by atoms with Gasteiger partial charge in [-0.1, -0.05) is 37.4 Å². The number of rotatable bonds is 4. The van der Waals surface area contributed by atoms with E-state index in [1.807, 2.05) is 24.3 Å². The van der Waals surface area contributed by atoms with Crippen molar-refractivity contribution >= 4 is 11.1 Å². The van der Waals surface area contributed by atoms with Gasteiger partial charge in [-0.2, -0.15) is 0 Å². The molecule has 0 aliphatic rings. The molecule has 3 aromatic rings. The molecule has 2 aromatic heterocycles. The van der Waals surface area contributed by atoms with Gasteiger partial charge in [-0.15, -0.1) is 0 Å². The van der Waals surface area contributed by atoms with Crippen LogP contribution in [0.2, 0.25) is 0 Å². The van der Waals surface area contributed by atoms with Gasteiger partial charge >= 0.3 is 0 Å². The molecule has 0 fully saturated rings. The van der Waals surface area contributed by atoms with Gasteiger partial charge in [-0.05, 0) is 11.1 Å². The average Bonchev–Trinajstić information content (AvgIpc) is 2.62. The van der Waals surface area contributed by atoms with Crippen LogP contribution in [0.1, 0.15) is 22.5 Å². The minimum Gasteiger partial charge on any atom is -0.261 e. The Hall–Kier alpha value is -3.14. The van der Waals surface area contributed by atoms with Crippen molar-refractivity contribution < 1.29 is 0 Å². The SMILES string of the molecule is C=C(c1ccc(C(=C)c2cnccn2)cc1)c1cnccn1. The molecule has 2 heterocycles. The van der Waals surface area contributed by atoms with Gasteiger partial charge in [0.2, 0.25) is 0 Å². The fourth-order valence-electron chi connectivity index (χ4n) is 2.08. The summed E-state index contributed by atoms with van der Waals surface area (Å²) >= 11 is 0. The molecule has 0 saturated carbocycles. The van der Waals surface area contributed by atoms with E-state index in [0.717, 1.165) is 33.7 Å². The Kier molecular flexibility index (Phi) is 3.83. The van der Waals surface area contributed by atoms with E-state index in [1.54, 1.807) is 37.2 Å². The molecule has 4 heteroatoms. The summed E-state index contributed by atoms with van der Waals surface area (Å²) in [5, 5.41) is 0. The van der Waals surface area contributed by atoms with Crippen LogP contribution in [0.25, 0.3) is 11.1 Å². The van der Waals surface area contributed by atoms with Crippen LogP contribution in [-0.2, 0) is 0 Å². The molecule has 3 rings (SSSR count). The molecule has 0 unspecified atom stereocenters. The second kappa shape index (κ2) is 6.10. The Bertz CT molecular complexity index is 723. The van der Waals surface area contributed by atoms with Gasteiger partial charge in [-0.3, -0.25) is 19.9 Å². The zero-order valence-electron chi connectivity index (χ0n) is 12.0. The van der Waals surface area contributed by atoms with Crippen molar-refractivity contribution in [2.45, 2.75) is 0 Å². The van der Waals surface area contributed by atoms with Crippen LogP contribution in [0.3, 0.4) is 0 Å². The van der Waals surface area contributed by atoms with Gasteiger partial charge in [-0.25, -0.2) is 0 Å². The van der Waals surface area contributed by atoms with E-state index in [-0.39, 0.29) is 0 Å². The fraction of sp³-hybridized carbons (Fsp3) is 0. The smallest absolute Gasteiger partial charge is 0.0885 e. The molecule has 0 radical (unpaired) electrons. The Labute approximate surface area is 129 Å². The molecular weight excluding hydrogens is 272 g/mol. The van der Waals surface area contributed by atoms with Crippen molar-refractivity contribution in [1.29, 1.82) is 0 Å². The van der Waals surface area contributed by atoms with Gasteiger partial charge in [0, 0.05) is 35.9 Å². The first-order valence-electron chi connectivity index (χ1n) is 6.77. The summed E-state index contributed by atoms with van der Waals surface area (Å²) in [6, 6.07) is 7.98. The lowest BCUT2D eigenvalue weighted by atomic mass is 9.99. The molecule has 0 aliphatic heterocycles. The van der Waals surface area contributed by atoms with Gasteiger partial charge in [0.25, 0.3) is 0 Å². The summed E-state index contributed by atoms with van der Waals surface area (Å²) in [5.41, 5.74) is 5.20. The van der Waals surface area contributed by atoms with Gasteiger partial charge in [0.1, 0.15) is 0 Å². The highest BCUT2D eigenvalue weighted by atomic mass is 14.8. The van der Waals surface area contributed by atoms with Crippen LogP contribution in [0.15, 0.2) is 74.6 Å². The highest BCUT2D eigenvalue weighted by Crippen LogP contribution is 2.23. The minimum absolute atomic E-state index is 0.767. The van der Waals surface area contributed by atoms with Gasteiger partial charge in [0.05, 0.1) is 23.8 Å². The first-order chi connectivity index (χ1) is 10.8. The molecule has 0 atom stereocenters. The van der Waals surface area contributed by atoms with Crippen molar-refractivity contribution in [1.82, 2.24) is 19.9 Å². The zero-order valence-corrected chi connectivity index (χ0v) is 12.0. The number of nitrogens with zero attached hydrogens (tertiary/aromatic N) is 4. The topological polar surface area (TPSA) is 51.6 Å². The van der Waals surface area contributed by atoms with Gasteiger partial charge < -0.3 is 0 Å². The maximum absolute atomic E-state index is 4.26. The zero-order chi connectivity index (χ0) is 15.4. The summed E-state index contributed by atoms with van der Waals surface area (Å²) in [6.07, 6.45) is 10.0. The maximum atomic E-state index is 4.26. The molecular formula is C18H14N4. The molecule has 0 saturated heterocycles. The molecule has 1 aromatic carbocycles. The van der Waals surface area contributed by atoms with E-state index in [9.17, 15) is 0 Å². The predicted octanol–water partition coefficient (Wildman–Crippen LogP) is 3.39. The minimum atomic E-state index is 0.767. The number of aromatic nitrogens is 4. The highest BCUT2D eigenvalue weighted by molar-refractivity contribution is 5.79. The Balaban J connectivity index is 1.84.